The van der Waals surface area contributed by atoms with E-state index in [1.54, 1.807) is 118 Å². The predicted molar refractivity (Wildman–Crippen MR) is 294 cm³/mol. The number of amides is 3. The summed E-state index contributed by atoms with van der Waals surface area (Å²) in [4.78, 5) is 87.5. The Labute approximate surface area is 474 Å². The van der Waals surface area contributed by atoms with Gasteiger partial charge in [0.05, 0.1) is 30.1 Å². The number of ether oxygens (including phenoxy) is 7. The molecule has 432 valence electrons. The summed E-state index contributed by atoms with van der Waals surface area (Å²) < 4.78 is 45.4. The van der Waals surface area contributed by atoms with Crippen LogP contribution >= 0.6 is 23.4 Å². The SMILES string of the molecule is CNC(CC(=O)NC(C)C(OC)OC(COC(=O)C(C)NC(=O)CC(NC(=O)OC(C)(C)C)C(=O)OC(C)(C)C)COc1ccc(-c2c(C#N)c(N)nc(SCc3coc(-c4ccc(Cl)cc4)n3)c2C#N)cc1)C(=O)OC(C)(C)C. The summed E-state index contributed by atoms with van der Waals surface area (Å²) in [5.74, 6) is -3.06. The molecule has 0 aliphatic carbocycles. The molecular weight excluding hydrogens is 1080 g/mol. The Morgan fingerprint density at radius 3 is 1.86 bits per heavy atom. The van der Waals surface area contributed by atoms with Crippen molar-refractivity contribution in [1.29, 1.82) is 10.5 Å². The van der Waals surface area contributed by atoms with Crippen molar-refractivity contribution in [2.75, 3.05) is 33.1 Å². The van der Waals surface area contributed by atoms with E-state index in [-0.39, 0.29) is 52.1 Å². The zero-order valence-corrected chi connectivity index (χ0v) is 48.6. The molecule has 0 radical (unpaired) electrons. The second-order valence-electron chi connectivity index (χ2n) is 21.1. The van der Waals surface area contributed by atoms with Crippen molar-refractivity contribution in [3.05, 3.63) is 76.6 Å². The number of anilines is 1. The fourth-order valence-electron chi connectivity index (χ4n) is 7.14. The van der Waals surface area contributed by atoms with E-state index in [0.29, 0.717) is 27.7 Å². The van der Waals surface area contributed by atoms with Gasteiger partial charge in [-0.25, -0.2) is 24.4 Å². The molecule has 4 rings (SSSR count). The Hall–Kier alpha value is -7.48. The third-order valence-electron chi connectivity index (χ3n) is 10.7. The summed E-state index contributed by atoms with van der Waals surface area (Å²) in [7, 11) is 2.84. The zero-order valence-electron chi connectivity index (χ0n) is 47.1. The van der Waals surface area contributed by atoms with Crippen LogP contribution in [0, 0.1) is 22.7 Å². The minimum Gasteiger partial charge on any atom is -0.491 e. The number of nitriles is 2. The molecule has 6 atom stereocenters. The number of thioether (sulfide) groups is 1. The molecule has 2 aromatic carbocycles. The molecule has 4 aromatic rings. The number of nitrogen functional groups attached to an aromatic ring is 1. The highest BCUT2D eigenvalue weighted by molar-refractivity contribution is 7.98. The summed E-state index contributed by atoms with van der Waals surface area (Å²) >= 11 is 7.21. The summed E-state index contributed by atoms with van der Waals surface area (Å²) in [6.45, 7) is 16.9. The van der Waals surface area contributed by atoms with E-state index in [9.17, 15) is 39.3 Å². The molecule has 6 N–H and O–H groups in total. The lowest BCUT2D eigenvalue weighted by Gasteiger charge is -2.29. The fourth-order valence-corrected chi connectivity index (χ4v) is 8.13. The Morgan fingerprint density at radius 1 is 0.738 bits per heavy atom. The molecule has 0 bridgehead atoms. The number of esters is 3. The standard InChI is InChI=1S/C55H70ClN9O14S/c1-30(61-43(67)23-41(50(70)78-54(6,7)8)64-52(71)79-55(9,10)11)48(68)75-28-37(76-51(72-13)31(2)62-42(66)22-40(60-12)49(69)77-53(3,4)5)27-73-36-20-16-32(17-21-36)44-38(24-57)45(59)65-47(39(44)25-58)80-29-35-26-74-46(63-35)33-14-18-34(56)19-15-33/h14-21,26,30-31,37,40-41,51,60H,22-23,27-29H2,1-13H3,(H2,59,65)(H,61,67)(H,62,66)(H,64,71). The molecule has 80 heavy (non-hydrogen) atoms. The number of carbonyl (C=O) groups is 6. The topological polar surface area (TPSA) is 328 Å². The van der Waals surface area contributed by atoms with Crippen molar-refractivity contribution in [3.63, 3.8) is 0 Å². The number of methoxy groups -OCH3 is 1. The molecule has 25 heteroatoms. The first-order chi connectivity index (χ1) is 37.4. The van der Waals surface area contributed by atoms with Gasteiger partial charge in [-0.2, -0.15) is 10.5 Å². The second kappa shape index (κ2) is 29.1. The number of hydrogen-bond acceptors (Lipinski definition) is 21. The van der Waals surface area contributed by atoms with E-state index in [0.717, 1.165) is 0 Å². The molecule has 3 amide bonds. The first-order valence-corrected chi connectivity index (χ1v) is 26.5. The monoisotopic (exact) mass is 1150 g/mol. The number of nitrogens with zero attached hydrogens (tertiary/aromatic N) is 4. The molecule has 2 aromatic heterocycles. The molecular formula is C55H70ClN9O14S. The van der Waals surface area contributed by atoms with Gasteiger partial charge >= 0.3 is 24.0 Å². The number of benzene rings is 2. The van der Waals surface area contributed by atoms with Crippen LogP contribution < -0.4 is 31.7 Å². The quantitative estimate of drug-likeness (QED) is 0.0195. The number of hydrogen-bond donors (Lipinski definition) is 5. The van der Waals surface area contributed by atoms with Crippen LogP contribution in [0.25, 0.3) is 22.6 Å². The maximum absolute atomic E-state index is 13.5. The lowest BCUT2D eigenvalue weighted by molar-refractivity contribution is -0.191. The minimum atomic E-state index is -1.49. The number of likely N-dealkylation sites (N-methyl/N-ethyl adjacent to an activating group) is 1. The number of nitrogens with one attached hydrogen (secondary N) is 4. The van der Waals surface area contributed by atoms with Crippen LogP contribution in [0.1, 0.15) is 106 Å². The van der Waals surface area contributed by atoms with Gasteiger partial charge in [-0.1, -0.05) is 35.5 Å². The van der Waals surface area contributed by atoms with Gasteiger partial charge in [-0.3, -0.25) is 14.4 Å². The second-order valence-corrected chi connectivity index (χ2v) is 22.5. The van der Waals surface area contributed by atoms with Gasteiger partial charge in [0.1, 0.15) is 94.8 Å². The van der Waals surface area contributed by atoms with Gasteiger partial charge in [-0.05, 0) is 125 Å². The largest absolute Gasteiger partial charge is 0.491 e. The fraction of sp³-hybridized carbons (Fsp3) is 0.491. The Kier molecular flexibility index (Phi) is 23.7. The molecule has 23 nitrogen and oxygen atoms in total. The van der Waals surface area contributed by atoms with Crippen LogP contribution in [0.2, 0.25) is 5.02 Å². The van der Waals surface area contributed by atoms with Gasteiger partial charge < -0.3 is 64.6 Å². The van der Waals surface area contributed by atoms with E-state index < -0.39 is 102 Å². The van der Waals surface area contributed by atoms with E-state index in [1.165, 1.54) is 39.1 Å². The summed E-state index contributed by atoms with van der Waals surface area (Å²) in [5.41, 5.74) is 5.63. The van der Waals surface area contributed by atoms with Crippen LogP contribution in [-0.4, -0.2) is 127 Å². The Morgan fingerprint density at radius 2 is 1.30 bits per heavy atom. The van der Waals surface area contributed by atoms with Gasteiger partial charge in [0.15, 0.2) is 6.29 Å². The molecule has 2 heterocycles. The van der Waals surface area contributed by atoms with Gasteiger partial charge in [0.2, 0.25) is 17.7 Å². The Balaban J connectivity index is 1.54. The molecule has 6 unspecified atom stereocenters. The maximum Gasteiger partial charge on any atom is 0.408 e. The Bertz CT molecular complexity index is 2890. The van der Waals surface area contributed by atoms with Crippen LogP contribution in [0.4, 0.5) is 10.6 Å². The van der Waals surface area contributed by atoms with E-state index in [4.69, 9.17) is 54.9 Å². The highest BCUT2D eigenvalue weighted by Gasteiger charge is 2.33. The third kappa shape index (κ3) is 21.0. The summed E-state index contributed by atoms with van der Waals surface area (Å²) in [6.07, 6.45) is -2.73. The molecule has 0 aliphatic heterocycles. The lowest BCUT2D eigenvalue weighted by atomic mass is 9.97. The van der Waals surface area contributed by atoms with Crippen molar-refractivity contribution in [2.24, 2.45) is 0 Å². The first kappa shape index (κ1) is 65.0. The number of aromatic nitrogens is 2. The van der Waals surface area contributed by atoms with E-state index in [1.807, 2.05) is 0 Å². The van der Waals surface area contributed by atoms with Crippen molar-refractivity contribution < 1.29 is 66.3 Å². The third-order valence-corrected chi connectivity index (χ3v) is 12.0. The van der Waals surface area contributed by atoms with Crippen LogP contribution in [0.15, 0.2) is 64.2 Å². The van der Waals surface area contributed by atoms with E-state index >= 15 is 0 Å². The molecule has 0 saturated heterocycles. The van der Waals surface area contributed by atoms with Gasteiger partial charge in [0, 0.05) is 29.0 Å². The minimum absolute atomic E-state index is 0.0230. The van der Waals surface area contributed by atoms with Crippen molar-refractivity contribution in [2.45, 2.75) is 153 Å². The van der Waals surface area contributed by atoms with Crippen molar-refractivity contribution >= 4 is 65.0 Å². The molecule has 0 fully saturated rings. The number of halogens is 1. The average Bonchev–Trinajstić information content (AvgIpc) is 3.84. The average molecular weight is 1150 g/mol. The zero-order chi connectivity index (χ0) is 59.7. The maximum atomic E-state index is 13.5. The van der Waals surface area contributed by atoms with Crippen molar-refractivity contribution in [1.82, 2.24) is 31.2 Å². The number of rotatable bonds is 25. The number of nitrogens with two attached hydrogens (primary N) is 1. The van der Waals surface area contributed by atoms with E-state index in [2.05, 4.69) is 43.4 Å². The van der Waals surface area contributed by atoms with Crippen molar-refractivity contribution in [3.8, 4) is 40.5 Å². The lowest BCUT2D eigenvalue weighted by Crippen LogP contribution is -2.50. The van der Waals surface area contributed by atoms with Crippen LogP contribution in [0.5, 0.6) is 5.75 Å². The highest BCUT2D eigenvalue weighted by atomic mass is 35.5. The van der Waals surface area contributed by atoms with Gasteiger partial charge in [0.25, 0.3) is 0 Å². The first-order valence-electron chi connectivity index (χ1n) is 25.2. The van der Waals surface area contributed by atoms with Gasteiger partial charge in [-0.15, -0.1) is 0 Å². The predicted octanol–water partition coefficient (Wildman–Crippen LogP) is 6.91. The number of pyridine rings is 1. The number of carbonyl (C=O) groups excluding carboxylic acids is 6. The van der Waals surface area contributed by atoms with Crippen LogP contribution in [0.3, 0.4) is 0 Å². The van der Waals surface area contributed by atoms with Crippen LogP contribution in [-0.2, 0) is 58.1 Å². The summed E-state index contributed by atoms with van der Waals surface area (Å²) in [6, 6.07) is 12.9. The highest BCUT2D eigenvalue weighted by Crippen LogP contribution is 2.37. The molecule has 0 saturated carbocycles. The molecule has 0 spiro atoms. The molecule has 0 aliphatic rings. The smallest absolute Gasteiger partial charge is 0.408 e. The number of oxazole rings is 1. The normalized spacial score (nSPS) is 13.8. The summed E-state index contributed by atoms with van der Waals surface area (Å²) in [5, 5.41) is 31.9. The number of alkyl carbamates (subject to hydrolysis) is 1.